The second-order valence-electron chi connectivity index (χ2n) is 11.5. The molecule has 5 nitrogen and oxygen atoms in total. The van der Waals surface area contributed by atoms with Crippen LogP contribution in [0.25, 0.3) is 10.9 Å². The summed E-state index contributed by atoms with van der Waals surface area (Å²) in [6.07, 6.45) is 4.41. The van der Waals surface area contributed by atoms with Gasteiger partial charge in [0.05, 0.1) is 23.4 Å². The van der Waals surface area contributed by atoms with Gasteiger partial charge in [0, 0.05) is 35.3 Å². The van der Waals surface area contributed by atoms with E-state index in [9.17, 15) is 13.5 Å². The minimum absolute atomic E-state index is 0.0894. The molecule has 3 aromatic carbocycles. The predicted octanol–water partition coefficient (Wildman–Crippen LogP) is 5.99. The highest BCUT2D eigenvalue weighted by molar-refractivity contribution is 7.91. The topological polar surface area (TPSA) is 67.5 Å². The van der Waals surface area contributed by atoms with Crippen molar-refractivity contribution in [3.8, 4) is 5.75 Å². The molecule has 5 rings (SSSR count). The molecule has 39 heavy (non-hydrogen) atoms. The van der Waals surface area contributed by atoms with Gasteiger partial charge in [0.25, 0.3) is 0 Å². The van der Waals surface area contributed by atoms with Crippen molar-refractivity contribution in [1.29, 1.82) is 0 Å². The van der Waals surface area contributed by atoms with Gasteiger partial charge in [0.1, 0.15) is 12.3 Å². The van der Waals surface area contributed by atoms with Crippen LogP contribution < -0.4 is 9.30 Å². The molecule has 0 amide bonds. The number of benzene rings is 3. The number of rotatable bonds is 8. The van der Waals surface area contributed by atoms with Crippen LogP contribution in [0.5, 0.6) is 5.75 Å². The number of aromatic nitrogens is 1. The first-order valence-corrected chi connectivity index (χ1v) is 15.4. The Kier molecular flexibility index (Phi) is 7.79. The lowest BCUT2D eigenvalue weighted by Gasteiger charge is -2.33. The average molecular weight is 545 g/mol. The molecule has 0 bridgehead atoms. The zero-order chi connectivity index (χ0) is 27.6. The number of ether oxygens (including phenoxy) is 1. The number of aliphatic hydroxyl groups excluding tert-OH is 1. The van der Waals surface area contributed by atoms with Gasteiger partial charge < -0.3 is 9.84 Å². The van der Waals surface area contributed by atoms with Gasteiger partial charge >= 0.3 is 0 Å². The fourth-order valence-electron chi connectivity index (χ4n) is 5.77. The third-order valence-corrected chi connectivity index (χ3v) is 10.0. The first kappa shape index (κ1) is 27.4. The third kappa shape index (κ3) is 5.87. The number of aliphatic hydroxyl groups is 1. The Labute approximate surface area is 232 Å². The summed E-state index contributed by atoms with van der Waals surface area (Å²) in [4.78, 5) is 0.324. The Hall–Kier alpha value is -3.22. The van der Waals surface area contributed by atoms with Crippen molar-refractivity contribution in [3.05, 3.63) is 102 Å². The largest absolute Gasteiger partial charge is 0.494 e. The van der Waals surface area contributed by atoms with Crippen LogP contribution in [0, 0.1) is 12.3 Å². The summed E-state index contributed by atoms with van der Waals surface area (Å²) in [6, 6.07) is 25.9. The maximum Gasteiger partial charge on any atom is 0.212 e. The summed E-state index contributed by atoms with van der Waals surface area (Å²) in [5, 5.41) is 12.7. The monoisotopic (exact) mass is 544 g/mol. The number of fused-ring (bicyclic) bond motifs is 2. The third-order valence-electron chi connectivity index (χ3n) is 7.85. The number of para-hydroxylation sites is 1. The fourth-order valence-corrected chi connectivity index (χ4v) is 7.89. The molecular formula is C33H38NO4S+. The van der Waals surface area contributed by atoms with Gasteiger partial charge in [-0.1, -0.05) is 55.8 Å². The van der Waals surface area contributed by atoms with E-state index < -0.39 is 27.3 Å². The molecule has 0 aliphatic carbocycles. The number of sulfone groups is 1. The van der Waals surface area contributed by atoms with Gasteiger partial charge in [0.15, 0.2) is 16.0 Å². The molecule has 1 aromatic heterocycles. The van der Waals surface area contributed by atoms with Crippen molar-refractivity contribution >= 4 is 20.7 Å². The maximum atomic E-state index is 13.2. The molecule has 0 radical (unpaired) electrons. The van der Waals surface area contributed by atoms with Crippen molar-refractivity contribution in [3.63, 3.8) is 0 Å². The Morgan fingerprint density at radius 3 is 2.49 bits per heavy atom. The zero-order valence-electron chi connectivity index (χ0n) is 23.0. The molecular weight excluding hydrogens is 506 g/mol. The van der Waals surface area contributed by atoms with Crippen molar-refractivity contribution in [2.75, 3.05) is 12.4 Å². The van der Waals surface area contributed by atoms with E-state index in [0.29, 0.717) is 17.1 Å². The summed E-state index contributed by atoms with van der Waals surface area (Å²) in [5.41, 5.74) is 2.99. The summed E-state index contributed by atoms with van der Waals surface area (Å²) in [6.45, 7) is 7.23. The van der Waals surface area contributed by atoms with Crippen molar-refractivity contribution in [2.24, 2.45) is 5.41 Å². The fraction of sp³-hybridized carbons (Fsp3) is 0.364. The van der Waals surface area contributed by atoms with E-state index in [-0.39, 0.29) is 5.75 Å². The van der Waals surface area contributed by atoms with Crippen molar-refractivity contribution < 1.29 is 22.8 Å². The molecule has 204 valence electrons. The standard InChI is InChI=1S/C33H38NO4S/c1-24-13-18-30-28(22-24)31(32(35)33(2,3)23-39(30,36)37)26-14-16-27(17-15-26)38-21-8-4-7-19-34-20-9-11-25-10-5-6-12-29(25)34/h5-6,9-18,20,22,31-32,35H,4,7-8,19,21,23H2,1-3H3/q+1/t31-,32-/m1/s1. The maximum absolute atomic E-state index is 13.2. The minimum atomic E-state index is -3.52. The van der Waals surface area contributed by atoms with Gasteiger partial charge in [-0.25, -0.2) is 8.42 Å². The Morgan fingerprint density at radius 2 is 1.69 bits per heavy atom. The molecule has 2 heterocycles. The molecule has 1 N–H and O–H groups in total. The van der Waals surface area contributed by atoms with Crippen LogP contribution in [0.4, 0.5) is 0 Å². The Bertz CT molecular complexity index is 1560. The molecule has 0 fully saturated rings. The first-order valence-electron chi connectivity index (χ1n) is 13.8. The SMILES string of the molecule is Cc1ccc2c(c1)[C@@H](c1ccc(OCCCCC[n+]3cccc4ccccc43)cc1)[C@@H](O)C(C)(C)CS2(=O)=O. The number of unbranched alkanes of at least 4 members (excludes halogenated alkanes) is 2. The van der Waals surface area contributed by atoms with E-state index in [0.717, 1.165) is 42.7 Å². The smallest absolute Gasteiger partial charge is 0.212 e. The van der Waals surface area contributed by atoms with Crippen LogP contribution in [0.3, 0.4) is 0 Å². The first-order chi connectivity index (χ1) is 18.7. The van der Waals surface area contributed by atoms with E-state index >= 15 is 0 Å². The molecule has 0 unspecified atom stereocenters. The number of hydrogen-bond donors (Lipinski definition) is 1. The molecule has 0 saturated heterocycles. The van der Waals surface area contributed by atoms with Gasteiger partial charge in [-0.15, -0.1) is 0 Å². The number of nitrogens with zero attached hydrogens (tertiary/aromatic N) is 1. The highest BCUT2D eigenvalue weighted by atomic mass is 32.2. The van der Waals surface area contributed by atoms with E-state index in [1.54, 1.807) is 6.07 Å². The number of pyridine rings is 1. The van der Waals surface area contributed by atoms with Crippen LogP contribution in [0.2, 0.25) is 0 Å². The van der Waals surface area contributed by atoms with E-state index in [1.165, 1.54) is 10.9 Å². The van der Waals surface area contributed by atoms with Gasteiger partial charge in [0.2, 0.25) is 5.52 Å². The molecule has 2 atom stereocenters. The lowest BCUT2D eigenvalue weighted by Crippen LogP contribution is -2.38. The number of aryl methyl sites for hydroxylation is 2. The second kappa shape index (κ2) is 11.1. The lowest BCUT2D eigenvalue weighted by atomic mass is 9.75. The van der Waals surface area contributed by atoms with Crippen molar-refractivity contribution in [1.82, 2.24) is 0 Å². The number of hydrogen-bond acceptors (Lipinski definition) is 4. The van der Waals surface area contributed by atoms with Crippen LogP contribution in [-0.2, 0) is 16.4 Å². The minimum Gasteiger partial charge on any atom is -0.494 e. The molecule has 6 heteroatoms. The van der Waals surface area contributed by atoms with E-state index in [4.69, 9.17) is 4.74 Å². The van der Waals surface area contributed by atoms with Crippen LogP contribution in [0.15, 0.2) is 90.0 Å². The summed E-state index contributed by atoms with van der Waals surface area (Å²) >= 11 is 0. The summed E-state index contributed by atoms with van der Waals surface area (Å²) in [7, 11) is -3.52. The Morgan fingerprint density at radius 1 is 0.949 bits per heavy atom. The normalized spacial score (nSPS) is 19.8. The van der Waals surface area contributed by atoms with Crippen LogP contribution in [-0.4, -0.2) is 32.0 Å². The molecule has 1 aliphatic heterocycles. The molecule has 0 saturated carbocycles. The summed E-state index contributed by atoms with van der Waals surface area (Å²) < 4.78 is 34.7. The van der Waals surface area contributed by atoms with Crippen LogP contribution in [0.1, 0.15) is 55.7 Å². The average Bonchev–Trinajstić information content (AvgIpc) is 2.96. The van der Waals surface area contributed by atoms with E-state index in [1.807, 2.05) is 57.2 Å². The predicted molar refractivity (Wildman–Crippen MR) is 155 cm³/mol. The van der Waals surface area contributed by atoms with Gasteiger partial charge in [-0.3, -0.25) is 0 Å². The highest BCUT2D eigenvalue weighted by Gasteiger charge is 2.44. The second-order valence-corrected chi connectivity index (χ2v) is 13.4. The molecule has 0 spiro atoms. The molecule has 1 aliphatic rings. The van der Waals surface area contributed by atoms with E-state index in [2.05, 4.69) is 47.2 Å². The van der Waals surface area contributed by atoms with Crippen LogP contribution >= 0.6 is 0 Å². The van der Waals surface area contributed by atoms with Gasteiger partial charge in [-0.05, 0) is 61.2 Å². The van der Waals surface area contributed by atoms with Crippen molar-refractivity contribution in [2.45, 2.75) is 63.5 Å². The Balaban J connectivity index is 1.22. The molecule has 4 aromatic rings. The highest BCUT2D eigenvalue weighted by Crippen LogP contribution is 2.45. The zero-order valence-corrected chi connectivity index (χ0v) is 23.8. The quantitative estimate of drug-likeness (QED) is 0.219. The summed E-state index contributed by atoms with van der Waals surface area (Å²) in [5.74, 6) is 0.253. The van der Waals surface area contributed by atoms with Gasteiger partial charge in [-0.2, -0.15) is 4.57 Å². The lowest BCUT2D eigenvalue weighted by molar-refractivity contribution is -0.671.